The molecule has 2 rings (SSSR count). The molecule has 6 heteroatoms. The van der Waals surface area contributed by atoms with Gasteiger partial charge in [0.1, 0.15) is 5.82 Å². The van der Waals surface area contributed by atoms with Gasteiger partial charge in [-0.05, 0) is 32.2 Å². The maximum atomic E-state index is 12.6. The van der Waals surface area contributed by atoms with Crippen LogP contribution in [-0.4, -0.2) is 51.7 Å². The Labute approximate surface area is 126 Å². The van der Waals surface area contributed by atoms with Crippen LogP contribution in [0.5, 0.6) is 0 Å². The summed E-state index contributed by atoms with van der Waals surface area (Å²) in [5.74, 6) is 1.05. The van der Waals surface area contributed by atoms with Crippen molar-refractivity contribution in [2.24, 2.45) is 0 Å². The molecule has 6 nitrogen and oxygen atoms in total. The van der Waals surface area contributed by atoms with Gasteiger partial charge in [-0.3, -0.25) is 9.89 Å². The third-order valence-electron chi connectivity index (χ3n) is 3.84. The average Bonchev–Trinajstić information content (AvgIpc) is 2.96. The van der Waals surface area contributed by atoms with Crippen molar-refractivity contribution in [2.45, 2.75) is 58.4 Å². The van der Waals surface area contributed by atoms with Crippen LogP contribution in [0.3, 0.4) is 0 Å². The lowest BCUT2D eigenvalue weighted by Gasteiger charge is -2.29. The maximum absolute atomic E-state index is 12.6. The Balaban J connectivity index is 1.99. The molecule has 1 fully saturated rings. The summed E-state index contributed by atoms with van der Waals surface area (Å²) in [5.41, 5.74) is 0. The predicted octanol–water partition coefficient (Wildman–Crippen LogP) is 1.75. The first-order valence-electron chi connectivity index (χ1n) is 8.18. The van der Waals surface area contributed by atoms with E-state index < -0.39 is 0 Å². The van der Waals surface area contributed by atoms with E-state index in [0.717, 1.165) is 51.1 Å². The Morgan fingerprint density at radius 2 is 2.19 bits per heavy atom. The number of aryl methyl sites for hydroxylation is 1. The zero-order chi connectivity index (χ0) is 15.1. The first-order chi connectivity index (χ1) is 10.2. The van der Waals surface area contributed by atoms with E-state index in [4.69, 9.17) is 0 Å². The Morgan fingerprint density at radius 3 is 2.86 bits per heavy atom. The third-order valence-corrected chi connectivity index (χ3v) is 3.84. The minimum absolute atomic E-state index is 0.0529. The molecule has 1 aromatic rings. The first kappa shape index (κ1) is 15.9. The molecule has 0 bridgehead atoms. The van der Waals surface area contributed by atoms with Crippen LogP contribution >= 0.6 is 0 Å². The number of nitrogens with zero attached hydrogens (tertiary/aromatic N) is 3. The summed E-state index contributed by atoms with van der Waals surface area (Å²) >= 11 is 0. The van der Waals surface area contributed by atoms with Gasteiger partial charge in [0.2, 0.25) is 5.82 Å². The first-order valence-corrected chi connectivity index (χ1v) is 8.18. The van der Waals surface area contributed by atoms with Gasteiger partial charge in [0, 0.05) is 25.6 Å². The lowest BCUT2D eigenvalue weighted by Crippen LogP contribution is -2.46. The average molecular weight is 293 g/mol. The Kier molecular flexibility index (Phi) is 6.17. The smallest absolute Gasteiger partial charge is 0.293 e. The Bertz CT molecular complexity index is 439. The molecule has 2 N–H and O–H groups in total. The van der Waals surface area contributed by atoms with Gasteiger partial charge in [0.15, 0.2) is 0 Å². The van der Waals surface area contributed by atoms with Gasteiger partial charge in [0.05, 0.1) is 0 Å². The van der Waals surface area contributed by atoms with Crippen LogP contribution in [-0.2, 0) is 6.42 Å². The second-order valence-corrected chi connectivity index (χ2v) is 5.75. The monoisotopic (exact) mass is 293 g/mol. The van der Waals surface area contributed by atoms with E-state index in [1.54, 1.807) is 0 Å². The summed E-state index contributed by atoms with van der Waals surface area (Å²) in [4.78, 5) is 18.8. The molecular formula is C15H27N5O. The van der Waals surface area contributed by atoms with Gasteiger partial charge in [-0.15, -0.1) is 5.10 Å². The van der Waals surface area contributed by atoms with E-state index in [0.29, 0.717) is 11.9 Å². The van der Waals surface area contributed by atoms with Crippen LogP contribution in [0.1, 0.15) is 62.4 Å². The summed E-state index contributed by atoms with van der Waals surface area (Å²) in [5, 5.41) is 10.4. The molecular weight excluding hydrogens is 266 g/mol. The molecule has 1 aromatic heterocycles. The van der Waals surface area contributed by atoms with Gasteiger partial charge >= 0.3 is 0 Å². The highest BCUT2D eigenvalue weighted by molar-refractivity contribution is 5.90. The van der Waals surface area contributed by atoms with Crippen molar-refractivity contribution in [3.63, 3.8) is 0 Å². The second-order valence-electron chi connectivity index (χ2n) is 5.75. The lowest BCUT2D eigenvalue weighted by molar-refractivity contribution is 0.0720. The highest BCUT2D eigenvalue weighted by Gasteiger charge is 2.23. The summed E-state index contributed by atoms with van der Waals surface area (Å²) < 4.78 is 0. The minimum Gasteiger partial charge on any atom is -0.334 e. The second kappa shape index (κ2) is 8.12. The number of amides is 1. The van der Waals surface area contributed by atoms with Crippen molar-refractivity contribution in [1.29, 1.82) is 0 Å². The van der Waals surface area contributed by atoms with Crippen molar-refractivity contribution in [3.05, 3.63) is 11.6 Å². The van der Waals surface area contributed by atoms with Gasteiger partial charge in [-0.25, -0.2) is 4.98 Å². The quantitative estimate of drug-likeness (QED) is 0.803. The van der Waals surface area contributed by atoms with Crippen molar-refractivity contribution in [2.75, 3.05) is 19.6 Å². The molecule has 1 saturated heterocycles. The molecule has 0 aromatic carbocycles. The zero-order valence-electron chi connectivity index (χ0n) is 13.2. The van der Waals surface area contributed by atoms with E-state index in [1.165, 1.54) is 12.8 Å². The van der Waals surface area contributed by atoms with Crippen molar-refractivity contribution in [3.8, 4) is 0 Å². The highest BCUT2D eigenvalue weighted by Crippen LogP contribution is 2.11. The molecule has 21 heavy (non-hydrogen) atoms. The third kappa shape index (κ3) is 4.52. The van der Waals surface area contributed by atoms with Gasteiger partial charge in [-0.2, -0.15) is 0 Å². The number of nitrogens with one attached hydrogen (secondary N) is 2. The number of aromatic nitrogens is 3. The van der Waals surface area contributed by atoms with Crippen LogP contribution in [0.25, 0.3) is 0 Å². The number of carbonyl (C=O) groups excluding carboxylic acids is 1. The van der Waals surface area contributed by atoms with E-state index in [1.807, 2.05) is 4.90 Å². The normalized spacial score (nSPS) is 18.7. The van der Waals surface area contributed by atoms with E-state index in [9.17, 15) is 4.79 Å². The van der Waals surface area contributed by atoms with Crippen LogP contribution in [0.15, 0.2) is 0 Å². The lowest BCUT2D eigenvalue weighted by atomic mass is 10.0. The van der Waals surface area contributed by atoms with Crippen LogP contribution in [0.2, 0.25) is 0 Å². The number of piperidine rings is 1. The molecule has 1 unspecified atom stereocenters. The molecule has 1 atom stereocenters. The molecule has 0 aliphatic carbocycles. The predicted molar refractivity (Wildman–Crippen MR) is 82.2 cm³/mol. The minimum atomic E-state index is -0.0529. The maximum Gasteiger partial charge on any atom is 0.293 e. The zero-order valence-corrected chi connectivity index (χ0v) is 13.2. The molecule has 2 heterocycles. The highest BCUT2D eigenvalue weighted by atomic mass is 16.2. The molecule has 0 spiro atoms. The Morgan fingerprint density at radius 1 is 1.33 bits per heavy atom. The van der Waals surface area contributed by atoms with Crippen molar-refractivity contribution < 1.29 is 4.79 Å². The fourth-order valence-electron chi connectivity index (χ4n) is 2.77. The number of H-pyrrole nitrogens is 1. The van der Waals surface area contributed by atoms with E-state index >= 15 is 0 Å². The number of rotatable bonds is 7. The van der Waals surface area contributed by atoms with Gasteiger partial charge in [-0.1, -0.05) is 20.3 Å². The number of hydrogen-bond acceptors (Lipinski definition) is 4. The fraction of sp³-hybridized carbons (Fsp3) is 0.800. The topological polar surface area (TPSA) is 73.9 Å². The molecule has 1 aliphatic rings. The summed E-state index contributed by atoms with van der Waals surface area (Å²) in [6.45, 7) is 6.75. The molecule has 1 amide bonds. The van der Waals surface area contributed by atoms with Crippen LogP contribution < -0.4 is 5.32 Å². The molecule has 1 aliphatic heterocycles. The SMILES string of the molecule is CCCc1nc(C(=O)N(CCC)CC2CCCCN2)n[nH]1. The summed E-state index contributed by atoms with van der Waals surface area (Å²) in [7, 11) is 0. The number of aromatic amines is 1. The summed E-state index contributed by atoms with van der Waals surface area (Å²) in [6, 6.07) is 0.406. The van der Waals surface area contributed by atoms with Crippen molar-refractivity contribution >= 4 is 5.91 Å². The number of carbonyl (C=O) groups is 1. The van der Waals surface area contributed by atoms with Gasteiger partial charge in [0.25, 0.3) is 5.91 Å². The largest absolute Gasteiger partial charge is 0.334 e. The molecule has 118 valence electrons. The van der Waals surface area contributed by atoms with Crippen LogP contribution in [0.4, 0.5) is 0 Å². The molecule has 0 saturated carbocycles. The molecule has 0 radical (unpaired) electrons. The van der Waals surface area contributed by atoms with E-state index in [-0.39, 0.29) is 5.91 Å². The van der Waals surface area contributed by atoms with Crippen molar-refractivity contribution in [1.82, 2.24) is 25.4 Å². The van der Waals surface area contributed by atoms with Gasteiger partial charge < -0.3 is 10.2 Å². The van der Waals surface area contributed by atoms with E-state index in [2.05, 4.69) is 34.3 Å². The standard InChI is InChI=1S/C15H27N5O/c1-3-7-13-17-14(19-18-13)15(21)20(10-4-2)11-12-8-5-6-9-16-12/h12,16H,3-11H2,1-2H3,(H,17,18,19). The fourth-order valence-corrected chi connectivity index (χ4v) is 2.77. The Hall–Kier alpha value is -1.43. The van der Waals surface area contributed by atoms with Crippen LogP contribution in [0, 0.1) is 0 Å². The summed E-state index contributed by atoms with van der Waals surface area (Å²) in [6.07, 6.45) is 6.39. The number of hydrogen-bond donors (Lipinski definition) is 2.